The van der Waals surface area contributed by atoms with Gasteiger partial charge >= 0.3 is 5.69 Å². The van der Waals surface area contributed by atoms with Gasteiger partial charge in [0.2, 0.25) is 5.95 Å². The van der Waals surface area contributed by atoms with E-state index in [0.29, 0.717) is 47.0 Å². The molecule has 13 nitrogen and oxygen atoms in total. The third kappa shape index (κ3) is 4.78. The lowest BCUT2D eigenvalue weighted by Crippen LogP contribution is -2.47. The third-order valence-corrected chi connectivity index (χ3v) is 7.35. The summed E-state index contributed by atoms with van der Waals surface area (Å²) in [5.41, 5.74) is 9.73. The number of fused-ring (bicyclic) bond motifs is 3. The van der Waals surface area contributed by atoms with Gasteiger partial charge in [-0.3, -0.25) is 14.0 Å². The normalized spacial score (nSPS) is 15.3. The zero-order valence-corrected chi connectivity index (χ0v) is 22.2. The fourth-order valence-corrected chi connectivity index (χ4v) is 5.14. The molecule has 210 valence electrons. The average Bonchev–Trinajstić information content (AvgIpc) is 3.71. The van der Waals surface area contributed by atoms with Gasteiger partial charge in [0.25, 0.3) is 0 Å². The van der Waals surface area contributed by atoms with E-state index in [1.165, 1.54) is 0 Å². The number of aromatic nitrogens is 5. The molecule has 1 unspecified atom stereocenters. The number of hydrogen-bond donors (Lipinski definition) is 3. The van der Waals surface area contributed by atoms with Crippen LogP contribution in [0.15, 0.2) is 57.9 Å². The Hall–Kier alpha value is -4.33. The average molecular weight is 549 g/mol. The molecule has 1 fully saturated rings. The Bertz CT molecular complexity index is 1660. The first kappa shape index (κ1) is 25.9. The maximum Gasteiger partial charge on any atom is 0.330 e. The Morgan fingerprint density at radius 2 is 1.90 bits per heavy atom. The molecule has 4 aromatic heterocycles. The molecule has 4 N–H and O–H groups in total. The SMILES string of the molecule is Cn1c(=O)n(CCN2CCN(c3ccc(OCC(O)CO)cc3)CC2)c2nc(N)n3nc(-c4ccco4)cc3c21. The Morgan fingerprint density at radius 3 is 2.60 bits per heavy atom. The van der Waals surface area contributed by atoms with Crippen molar-refractivity contribution in [1.82, 2.24) is 28.6 Å². The Balaban J connectivity index is 1.13. The van der Waals surface area contributed by atoms with E-state index in [2.05, 4.69) is 19.9 Å². The summed E-state index contributed by atoms with van der Waals surface area (Å²) in [4.78, 5) is 22.5. The summed E-state index contributed by atoms with van der Waals surface area (Å²) in [5, 5.41) is 22.9. The molecule has 6 rings (SSSR count). The van der Waals surface area contributed by atoms with Crippen molar-refractivity contribution < 1.29 is 19.4 Å². The van der Waals surface area contributed by atoms with Crippen molar-refractivity contribution in [2.75, 3.05) is 56.6 Å². The van der Waals surface area contributed by atoms with Crippen molar-refractivity contribution in [1.29, 1.82) is 0 Å². The van der Waals surface area contributed by atoms with E-state index in [1.54, 1.807) is 33.0 Å². The Morgan fingerprint density at radius 1 is 1.12 bits per heavy atom. The topological polar surface area (TPSA) is 152 Å². The highest BCUT2D eigenvalue weighted by Gasteiger charge is 2.22. The number of furan rings is 1. The smallest absolute Gasteiger partial charge is 0.330 e. The van der Waals surface area contributed by atoms with Crippen LogP contribution < -0.4 is 21.1 Å². The van der Waals surface area contributed by atoms with E-state index in [0.717, 1.165) is 31.9 Å². The highest BCUT2D eigenvalue weighted by atomic mass is 16.5. The summed E-state index contributed by atoms with van der Waals surface area (Å²) in [6.07, 6.45) is 0.695. The van der Waals surface area contributed by atoms with Crippen molar-refractivity contribution >= 4 is 28.3 Å². The van der Waals surface area contributed by atoms with Gasteiger partial charge in [-0.05, 0) is 42.5 Å². The first-order valence-corrected chi connectivity index (χ1v) is 13.2. The van der Waals surface area contributed by atoms with Gasteiger partial charge in [0.15, 0.2) is 11.4 Å². The standard InChI is InChI=1S/C27H32N8O5/c1-31-24-22-15-21(23-3-2-14-39-23)30-35(22)26(28)29-25(24)34(27(31)38)13-10-32-8-11-33(12-9-32)18-4-6-20(7-5-18)40-17-19(37)16-36/h2-7,14-15,19,36-37H,8-13,16-17H2,1H3,(H2,28,29). The molecule has 1 atom stereocenters. The number of piperazine rings is 1. The second-order valence-corrected chi connectivity index (χ2v) is 9.91. The first-order chi connectivity index (χ1) is 19.4. The molecule has 13 heteroatoms. The van der Waals surface area contributed by atoms with Gasteiger partial charge in [0, 0.05) is 52.0 Å². The number of imidazole rings is 1. The fourth-order valence-electron chi connectivity index (χ4n) is 5.14. The minimum atomic E-state index is -0.891. The highest BCUT2D eigenvalue weighted by Crippen LogP contribution is 2.26. The van der Waals surface area contributed by atoms with Gasteiger partial charge in [-0.15, -0.1) is 0 Å². The fraction of sp³-hybridized carbons (Fsp3) is 0.370. The number of aliphatic hydroxyl groups excluding tert-OH is 2. The van der Waals surface area contributed by atoms with Crippen LogP contribution in [-0.4, -0.2) is 90.9 Å². The predicted molar refractivity (Wildman–Crippen MR) is 150 cm³/mol. The maximum absolute atomic E-state index is 13.3. The Kier molecular flexibility index (Phi) is 6.92. The van der Waals surface area contributed by atoms with Gasteiger partial charge in [0.05, 0.1) is 18.4 Å². The molecular weight excluding hydrogens is 516 g/mol. The summed E-state index contributed by atoms with van der Waals surface area (Å²) in [6, 6.07) is 13.2. The number of hydrogen-bond acceptors (Lipinski definition) is 10. The maximum atomic E-state index is 13.3. The van der Waals surface area contributed by atoms with Crippen molar-refractivity contribution in [3.05, 3.63) is 59.2 Å². The molecule has 1 aliphatic rings. The second kappa shape index (κ2) is 10.7. The lowest BCUT2D eigenvalue weighted by Gasteiger charge is -2.36. The number of ether oxygens (including phenoxy) is 1. The molecule has 0 spiro atoms. The van der Waals surface area contributed by atoms with E-state index >= 15 is 0 Å². The molecule has 40 heavy (non-hydrogen) atoms. The van der Waals surface area contributed by atoms with E-state index < -0.39 is 6.10 Å². The molecular formula is C27H32N8O5. The number of aliphatic hydroxyl groups is 2. The summed E-state index contributed by atoms with van der Waals surface area (Å²) < 4.78 is 15.8. The largest absolute Gasteiger partial charge is 0.491 e. The molecule has 0 saturated carbocycles. The molecule has 0 bridgehead atoms. The monoisotopic (exact) mass is 548 g/mol. The van der Waals surface area contributed by atoms with Crippen molar-refractivity contribution in [3.8, 4) is 17.2 Å². The van der Waals surface area contributed by atoms with Crippen LogP contribution in [0.1, 0.15) is 0 Å². The molecule has 1 aromatic carbocycles. The van der Waals surface area contributed by atoms with Crippen LogP contribution in [0.5, 0.6) is 5.75 Å². The summed E-state index contributed by atoms with van der Waals surface area (Å²) in [5.74, 6) is 1.46. The van der Waals surface area contributed by atoms with Crippen LogP contribution in [-0.2, 0) is 13.6 Å². The van der Waals surface area contributed by atoms with Crippen molar-refractivity contribution in [2.24, 2.45) is 7.05 Å². The van der Waals surface area contributed by atoms with E-state index in [1.807, 2.05) is 36.4 Å². The molecule has 0 aliphatic carbocycles. The minimum absolute atomic E-state index is 0.0513. The Labute approximate surface area is 229 Å². The van der Waals surface area contributed by atoms with Gasteiger partial charge in [-0.25, -0.2) is 4.79 Å². The summed E-state index contributed by atoms with van der Waals surface area (Å²) in [6.45, 7) is 4.33. The lowest BCUT2D eigenvalue weighted by molar-refractivity contribution is 0.0536. The van der Waals surface area contributed by atoms with Crippen LogP contribution in [0.4, 0.5) is 11.6 Å². The quantitative estimate of drug-likeness (QED) is 0.241. The molecule has 5 aromatic rings. The van der Waals surface area contributed by atoms with Crippen LogP contribution in [0.3, 0.4) is 0 Å². The van der Waals surface area contributed by atoms with Crippen molar-refractivity contribution in [2.45, 2.75) is 12.6 Å². The molecule has 1 aliphatic heterocycles. The van der Waals surface area contributed by atoms with Gasteiger partial charge in [0.1, 0.15) is 29.7 Å². The van der Waals surface area contributed by atoms with Gasteiger partial charge in [-0.2, -0.15) is 14.6 Å². The number of benzene rings is 1. The van der Waals surface area contributed by atoms with Crippen LogP contribution >= 0.6 is 0 Å². The number of nitrogens with zero attached hydrogens (tertiary/aromatic N) is 7. The number of aryl methyl sites for hydroxylation is 1. The third-order valence-electron chi connectivity index (χ3n) is 7.35. The zero-order chi connectivity index (χ0) is 27.8. The number of rotatable bonds is 9. The molecule has 1 saturated heterocycles. The highest BCUT2D eigenvalue weighted by molar-refractivity contribution is 5.91. The first-order valence-electron chi connectivity index (χ1n) is 13.2. The predicted octanol–water partition coefficient (Wildman–Crippen LogP) is 0.779. The number of nitrogen functional groups attached to an aromatic ring is 1. The van der Waals surface area contributed by atoms with E-state index in [-0.39, 0.29) is 24.9 Å². The van der Waals surface area contributed by atoms with Crippen molar-refractivity contribution in [3.63, 3.8) is 0 Å². The van der Waals surface area contributed by atoms with Gasteiger partial charge < -0.3 is 30.0 Å². The second-order valence-electron chi connectivity index (χ2n) is 9.91. The van der Waals surface area contributed by atoms with Crippen LogP contribution in [0, 0.1) is 0 Å². The summed E-state index contributed by atoms with van der Waals surface area (Å²) >= 11 is 0. The molecule has 5 heterocycles. The van der Waals surface area contributed by atoms with Crippen LogP contribution in [0.25, 0.3) is 28.1 Å². The molecule has 0 radical (unpaired) electrons. The number of anilines is 2. The number of nitrogens with two attached hydrogens (primary N) is 1. The lowest BCUT2D eigenvalue weighted by atomic mass is 10.2. The minimum Gasteiger partial charge on any atom is -0.491 e. The molecule has 0 amide bonds. The van der Waals surface area contributed by atoms with Gasteiger partial charge in [-0.1, -0.05) is 0 Å². The van der Waals surface area contributed by atoms with E-state index in [9.17, 15) is 9.90 Å². The van der Waals surface area contributed by atoms with Crippen LogP contribution in [0.2, 0.25) is 0 Å². The van der Waals surface area contributed by atoms with E-state index in [4.69, 9.17) is 20.0 Å². The summed E-state index contributed by atoms with van der Waals surface area (Å²) in [7, 11) is 1.74. The zero-order valence-electron chi connectivity index (χ0n) is 22.2.